The van der Waals surface area contributed by atoms with E-state index in [1.165, 1.54) is 0 Å². The molecule has 0 saturated carbocycles. The Kier molecular flexibility index (Phi) is 39.4. The van der Waals surface area contributed by atoms with Gasteiger partial charge in [-0.05, 0) is 83.5 Å². The van der Waals surface area contributed by atoms with Crippen molar-refractivity contribution in [1.82, 2.24) is 0 Å². The van der Waals surface area contributed by atoms with Crippen LogP contribution in [0.2, 0.25) is 0 Å². The molecule has 0 aromatic heterocycles. The Labute approximate surface area is 340 Å². The summed E-state index contributed by atoms with van der Waals surface area (Å²) in [6, 6.07) is 0. The average Bonchev–Trinajstić information content (AvgIpc) is 3.19. The summed E-state index contributed by atoms with van der Waals surface area (Å²) in [5, 5.41) is 0. The minimum absolute atomic E-state index is 0.106. The van der Waals surface area contributed by atoms with Gasteiger partial charge in [0.25, 0.3) is 0 Å². The first-order chi connectivity index (χ1) is 27.5. The highest BCUT2D eigenvalue weighted by Gasteiger charge is 2.19. The zero-order valence-electron chi connectivity index (χ0n) is 34.8. The maximum Gasteiger partial charge on any atom is 0.309 e. The lowest BCUT2D eigenvalue weighted by Crippen LogP contribution is -2.30. The maximum absolute atomic E-state index is 12.6. The highest BCUT2D eigenvalue weighted by molar-refractivity contribution is 5.72. The fourth-order valence-electron chi connectivity index (χ4n) is 4.70. The van der Waals surface area contributed by atoms with Gasteiger partial charge in [0.2, 0.25) is 0 Å². The van der Waals surface area contributed by atoms with Crippen LogP contribution in [-0.2, 0) is 28.6 Å². The van der Waals surface area contributed by atoms with Crippen molar-refractivity contribution in [1.29, 1.82) is 0 Å². The van der Waals surface area contributed by atoms with Crippen molar-refractivity contribution >= 4 is 17.9 Å². The number of unbranched alkanes of at least 4 members (excludes halogenated alkanes) is 4. The number of rotatable bonds is 34. The Bertz CT molecular complexity index is 1340. The monoisotopic (exact) mass is 769 g/mol. The van der Waals surface area contributed by atoms with Gasteiger partial charge in [-0.15, -0.1) is 0 Å². The summed E-state index contributed by atoms with van der Waals surface area (Å²) in [5.74, 6) is -1.21. The number of allylic oxidation sites excluding steroid dienone is 23. The van der Waals surface area contributed by atoms with Crippen LogP contribution >= 0.6 is 0 Å². The molecular weight excluding hydrogens is 697 g/mol. The molecule has 0 fully saturated rings. The van der Waals surface area contributed by atoms with E-state index in [4.69, 9.17) is 14.2 Å². The first-order valence-electron chi connectivity index (χ1n) is 20.9. The maximum atomic E-state index is 12.6. The Hall–Kier alpha value is -4.71. The predicted molar refractivity (Wildman–Crippen MR) is 237 cm³/mol. The number of carbonyl (C=O) groups is 3. The molecule has 0 spiro atoms. The van der Waals surface area contributed by atoms with Crippen LogP contribution in [0.5, 0.6) is 0 Å². The number of hydrogen-bond donors (Lipinski definition) is 0. The third kappa shape index (κ3) is 40.5. The fourth-order valence-corrected chi connectivity index (χ4v) is 4.70. The van der Waals surface area contributed by atoms with E-state index in [1.54, 1.807) is 6.08 Å². The molecule has 0 aromatic rings. The van der Waals surface area contributed by atoms with Crippen LogP contribution in [0.3, 0.4) is 0 Å². The molecule has 0 saturated heterocycles. The first kappa shape index (κ1) is 51.3. The van der Waals surface area contributed by atoms with Crippen LogP contribution in [-0.4, -0.2) is 37.2 Å². The summed E-state index contributed by atoms with van der Waals surface area (Å²) < 4.78 is 16.4. The molecule has 1 unspecified atom stereocenters. The lowest BCUT2D eigenvalue weighted by atomic mass is 10.1. The lowest BCUT2D eigenvalue weighted by Gasteiger charge is -2.18. The Morgan fingerprint density at radius 2 is 0.821 bits per heavy atom. The van der Waals surface area contributed by atoms with E-state index >= 15 is 0 Å². The molecule has 6 nitrogen and oxygen atoms in total. The summed E-state index contributed by atoms with van der Waals surface area (Å²) in [4.78, 5) is 37.5. The largest absolute Gasteiger partial charge is 0.462 e. The third-order valence-corrected chi connectivity index (χ3v) is 7.73. The lowest BCUT2D eigenvalue weighted by molar-refractivity contribution is -0.166. The van der Waals surface area contributed by atoms with Crippen molar-refractivity contribution in [3.63, 3.8) is 0 Å². The van der Waals surface area contributed by atoms with Crippen molar-refractivity contribution in [3.05, 3.63) is 146 Å². The molecule has 308 valence electrons. The number of ether oxygens (including phenoxy) is 3. The van der Waals surface area contributed by atoms with Gasteiger partial charge in [0, 0.05) is 12.8 Å². The molecule has 1 atom stereocenters. The van der Waals surface area contributed by atoms with Gasteiger partial charge in [0.1, 0.15) is 13.2 Å². The second kappa shape index (κ2) is 43.0. The van der Waals surface area contributed by atoms with Crippen molar-refractivity contribution < 1.29 is 28.6 Å². The molecule has 0 amide bonds. The molecule has 0 bridgehead atoms. The standard InChI is InChI=1S/C50H72O6/c1-4-7-10-13-16-19-21-23-24-25-27-28-31-34-37-40-43-49(52)55-46-47(45-54-48(51)42-39-36-33-30-18-15-12-9-6-3)56-50(53)44-41-38-35-32-29-26-22-20-17-14-11-8-5-2/h7-12,14,16-20,22-24,26-30,32,35-36,39,47H,4-6,13,15,21,25,31,33-34,37-38,40-46H2,1-3H3/b10-7-,11-8-,12-9-,17-14-,19-16-,22-20-,24-23-,28-27-,29-26-,30-18-,35-32-,39-36-. The SMILES string of the molecule is CC\C=C/C=C\C=C/C=C\C=C/CCCC(=O)OC(COC(=O)C/C=C\C/C=C\C/C=C\CC)COC(=O)CCCCC/C=C\C/C=C\C/C=C\C/C=C\CC. The predicted octanol–water partition coefficient (Wildman–Crippen LogP) is 13.4. The van der Waals surface area contributed by atoms with Crippen LogP contribution in [0.4, 0.5) is 0 Å². The van der Waals surface area contributed by atoms with Crippen molar-refractivity contribution in [2.24, 2.45) is 0 Å². The quantitative estimate of drug-likeness (QED) is 0.0213. The van der Waals surface area contributed by atoms with Gasteiger partial charge in [-0.1, -0.05) is 173 Å². The van der Waals surface area contributed by atoms with E-state index in [0.717, 1.165) is 77.0 Å². The van der Waals surface area contributed by atoms with Gasteiger partial charge in [0.15, 0.2) is 6.10 Å². The molecule has 0 aliphatic carbocycles. The Balaban J connectivity index is 4.65. The minimum atomic E-state index is -0.867. The summed E-state index contributed by atoms with van der Waals surface area (Å²) in [6.45, 7) is 6.01. The second-order valence-corrected chi connectivity index (χ2v) is 12.9. The topological polar surface area (TPSA) is 78.9 Å². The molecule has 0 aliphatic heterocycles. The van der Waals surface area contributed by atoms with Crippen LogP contribution in [0.15, 0.2) is 146 Å². The molecular formula is C50H72O6. The second-order valence-electron chi connectivity index (χ2n) is 12.9. The van der Waals surface area contributed by atoms with E-state index in [1.807, 2.05) is 60.8 Å². The minimum Gasteiger partial charge on any atom is -0.462 e. The molecule has 6 heteroatoms. The summed E-state index contributed by atoms with van der Waals surface area (Å²) in [5.41, 5.74) is 0. The third-order valence-electron chi connectivity index (χ3n) is 7.73. The smallest absolute Gasteiger partial charge is 0.309 e. The van der Waals surface area contributed by atoms with Gasteiger partial charge in [-0.3, -0.25) is 14.4 Å². The highest BCUT2D eigenvalue weighted by Crippen LogP contribution is 2.08. The molecule has 0 N–H and O–H groups in total. The van der Waals surface area contributed by atoms with E-state index < -0.39 is 18.0 Å². The van der Waals surface area contributed by atoms with Crippen LogP contribution < -0.4 is 0 Å². The first-order valence-corrected chi connectivity index (χ1v) is 20.9. The van der Waals surface area contributed by atoms with E-state index in [0.29, 0.717) is 12.8 Å². The average molecular weight is 769 g/mol. The molecule has 0 radical (unpaired) electrons. The summed E-state index contributed by atoms with van der Waals surface area (Å²) in [7, 11) is 0. The zero-order valence-corrected chi connectivity index (χ0v) is 34.8. The van der Waals surface area contributed by atoms with Gasteiger partial charge in [-0.2, -0.15) is 0 Å². The van der Waals surface area contributed by atoms with Gasteiger partial charge < -0.3 is 14.2 Å². The van der Waals surface area contributed by atoms with E-state index in [-0.39, 0.29) is 38.4 Å². The Morgan fingerprint density at radius 3 is 1.38 bits per heavy atom. The van der Waals surface area contributed by atoms with Crippen LogP contribution in [0.25, 0.3) is 0 Å². The molecule has 0 aromatic carbocycles. The molecule has 0 rings (SSSR count). The molecule has 56 heavy (non-hydrogen) atoms. The number of esters is 3. The van der Waals surface area contributed by atoms with Gasteiger partial charge >= 0.3 is 17.9 Å². The van der Waals surface area contributed by atoms with Gasteiger partial charge in [0.05, 0.1) is 6.42 Å². The van der Waals surface area contributed by atoms with Crippen molar-refractivity contribution in [2.75, 3.05) is 13.2 Å². The highest BCUT2D eigenvalue weighted by atomic mass is 16.6. The summed E-state index contributed by atoms with van der Waals surface area (Å²) >= 11 is 0. The van der Waals surface area contributed by atoms with Crippen LogP contribution in [0, 0.1) is 0 Å². The van der Waals surface area contributed by atoms with Gasteiger partial charge in [-0.25, -0.2) is 0 Å². The summed E-state index contributed by atoms with van der Waals surface area (Å²) in [6.07, 6.45) is 61.6. The normalized spacial score (nSPS) is 13.6. The van der Waals surface area contributed by atoms with E-state index in [9.17, 15) is 14.4 Å². The van der Waals surface area contributed by atoms with Crippen molar-refractivity contribution in [2.45, 2.75) is 136 Å². The van der Waals surface area contributed by atoms with Crippen LogP contribution in [0.1, 0.15) is 130 Å². The Morgan fingerprint density at radius 1 is 0.393 bits per heavy atom. The number of hydrogen-bond acceptors (Lipinski definition) is 6. The zero-order chi connectivity index (χ0) is 40.8. The van der Waals surface area contributed by atoms with Crippen molar-refractivity contribution in [3.8, 4) is 0 Å². The number of carbonyl (C=O) groups excluding carboxylic acids is 3. The molecule has 0 heterocycles. The fraction of sp³-hybridized carbons (Fsp3) is 0.460. The van der Waals surface area contributed by atoms with E-state index in [2.05, 4.69) is 99.8 Å². The molecule has 0 aliphatic rings.